The molecule has 0 saturated heterocycles. The molecule has 1 aliphatic carbocycles. The number of hydrogen-bond donors (Lipinski definition) is 0. The lowest BCUT2D eigenvalue weighted by atomic mass is 9.75. The lowest BCUT2D eigenvalue weighted by Crippen LogP contribution is -2.42. The smallest absolute Gasteiger partial charge is 0.415 e. The van der Waals surface area contributed by atoms with Crippen molar-refractivity contribution in [2.24, 2.45) is 11.8 Å². The maximum Gasteiger partial charge on any atom is 0.415 e. The van der Waals surface area contributed by atoms with Gasteiger partial charge in [-0.3, -0.25) is 4.79 Å². The second-order valence-electron chi connectivity index (χ2n) is 9.53. The monoisotopic (exact) mass is 433 g/mol. The normalized spacial score (nSPS) is 18.9. The first-order chi connectivity index (χ1) is 15.1. The van der Waals surface area contributed by atoms with Crippen LogP contribution in [0, 0.1) is 11.8 Å². The largest absolute Gasteiger partial charge is 0.415 e. The molecule has 1 aliphatic rings. The van der Waals surface area contributed by atoms with E-state index in [0.29, 0.717) is 24.2 Å². The molecule has 2 atom stereocenters. The third-order valence-corrected chi connectivity index (χ3v) is 6.50. The molecule has 1 amide bonds. The van der Waals surface area contributed by atoms with Crippen LogP contribution in [-0.2, 0) is 4.74 Å². The number of carbonyl (C=O) groups is 2. The molecule has 0 aromatic heterocycles. The Hall–Kier alpha value is -2.88. The average Bonchev–Trinajstić information content (AvgIpc) is 2.73. The minimum Gasteiger partial charge on any atom is -0.415 e. The summed E-state index contributed by atoms with van der Waals surface area (Å²) in [4.78, 5) is 28.3. The predicted molar refractivity (Wildman–Crippen MR) is 131 cm³/mol. The molecular weight excluding hydrogens is 398 g/mol. The van der Waals surface area contributed by atoms with Gasteiger partial charge in [0.1, 0.15) is 5.76 Å². The van der Waals surface area contributed by atoms with Gasteiger partial charge < -0.3 is 9.64 Å². The summed E-state index contributed by atoms with van der Waals surface area (Å²) in [5.74, 6) is 0.445. The van der Waals surface area contributed by atoms with Gasteiger partial charge in [-0.1, -0.05) is 48.6 Å². The van der Waals surface area contributed by atoms with Crippen LogP contribution >= 0.6 is 0 Å². The number of allylic oxidation sites excluding steroid dienone is 3. The second kappa shape index (κ2) is 9.72. The summed E-state index contributed by atoms with van der Waals surface area (Å²) in [6.45, 7) is 16.0. The van der Waals surface area contributed by atoms with Crippen molar-refractivity contribution in [2.75, 3.05) is 0 Å². The lowest BCUT2D eigenvalue weighted by molar-refractivity contribution is 0.0847. The topological polar surface area (TPSA) is 46.6 Å². The highest BCUT2D eigenvalue weighted by molar-refractivity contribution is 6.02. The first kappa shape index (κ1) is 23.8. The fraction of sp³-hybridized carbons (Fsp3) is 0.429. The van der Waals surface area contributed by atoms with Crippen LogP contribution in [0.2, 0.25) is 0 Å². The van der Waals surface area contributed by atoms with Crippen molar-refractivity contribution in [3.63, 3.8) is 0 Å². The van der Waals surface area contributed by atoms with Crippen LogP contribution in [0.25, 0.3) is 10.8 Å². The molecule has 0 spiro atoms. The number of hydrogen-bond acceptors (Lipinski definition) is 3. The highest BCUT2D eigenvalue weighted by Crippen LogP contribution is 2.39. The quantitative estimate of drug-likeness (QED) is 0.359. The highest BCUT2D eigenvalue weighted by Gasteiger charge is 2.35. The van der Waals surface area contributed by atoms with E-state index in [1.807, 2.05) is 84.0 Å². The molecule has 170 valence electrons. The van der Waals surface area contributed by atoms with E-state index in [0.717, 1.165) is 21.9 Å². The van der Waals surface area contributed by atoms with Gasteiger partial charge in [0.25, 0.3) is 0 Å². The minimum absolute atomic E-state index is 0.0268. The van der Waals surface area contributed by atoms with Gasteiger partial charge in [-0.15, -0.1) is 0 Å². The van der Waals surface area contributed by atoms with Crippen LogP contribution in [0.15, 0.2) is 65.9 Å². The standard InChI is InChI=1S/C28H35NO3/c1-17(2)24-15-25(27(30)23-13-12-21-10-8-9-11-22(21)14-23)20(7)26(16-24)32-28(31)29(18(3)4)19(5)6/h8-14,18-19,24-25H,1,15-16H2,2-7H3/t24-,25+/m1/s1. The SMILES string of the molecule is C=C(C)[C@H]1CC(OC(=O)N(C(C)C)C(C)C)=C(C)[C@@H](C(=O)c2ccc3ccccc3c2)C1. The number of fused-ring (bicyclic) bond motifs is 1. The van der Waals surface area contributed by atoms with Gasteiger partial charge in [0, 0.05) is 30.0 Å². The average molecular weight is 434 g/mol. The minimum atomic E-state index is -0.358. The molecule has 4 nitrogen and oxygen atoms in total. The first-order valence-corrected chi connectivity index (χ1v) is 11.5. The number of Topliss-reactive ketones (excluding diaryl/α,β-unsaturated/α-hetero) is 1. The van der Waals surface area contributed by atoms with E-state index in [-0.39, 0.29) is 35.8 Å². The van der Waals surface area contributed by atoms with Gasteiger partial charge in [0.2, 0.25) is 0 Å². The van der Waals surface area contributed by atoms with Crippen molar-refractivity contribution >= 4 is 22.6 Å². The fourth-order valence-electron chi connectivity index (χ4n) is 4.64. The van der Waals surface area contributed by atoms with Gasteiger partial charge in [-0.2, -0.15) is 0 Å². The van der Waals surface area contributed by atoms with Gasteiger partial charge >= 0.3 is 6.09 Å². The molecule has 0 unspecified atom stereocenters. The van der Waals surface area contributed by atoms with Crippen LogP contribution in [0.5, 0.6) is 0 Å². The summed E-state index contributed by atoms with van der Waals surface area (Å²) in [5, 5.41) is 2.15. The molecule has 0 aliphatic heterocycles. The molecule has 3 rings (SSSR count). The van der Waals surface area contributed by atoms with Crippen molar-refractivity contribution in [1.29, 1.82) is 0 Å². The Labute approximate surface area is 191 Å². The van der Waals surface area contributed by atoms with Crippen LogP contribution < -0.4 is 0 Å². The van der Waals surface area contributed by atoms with E-state index in [1.165, 1.54) is 0 Å². The van der Waals surface area contributed by atoms with Crippen LogP contribution in [0.4, 0.5) is 4.79 Å². The molecule has 0 fully saturated rings. The second-order valence-corrected chi connectivity index (χ2v) is 9.53. The Bertz CT molecular complexity index is 1060. The third-order valence-electron chi connectivity index (χ3n) is 6.50. The van der Waals surface area contributed by atoms with E-state index < -0.39 is 0 Å². The molecular formula is C28H35NO3. The Morgan fingerprint density at radius 3 is 2.25 bits per heavy atom. The summed E-state index contributed by atoms with van der Waals surface area (Å²) >= 11 is 0. The van der Waals surface area contributed by atoms with Crippen molar-refractivity contribution in [2.45, 2.75) is 66.5 Å². The van der Waals surface area contributed by atoms with Crippen LogP contribution in [0.1, 0.15) is 64.7 Å². The van der Waals surface area contributed by atoms with Crippen molar-refractivity contribution < 1.29 is 14.3 Å². The van der Waals surface area contributed by atoms with Crippen molar-refractivity contribution in [3.8, 4) is 0 Å². The zero-order valence-electron chi connectivity index (χ0n) is 20.1. The fourth-order valence-corrected chi connectivity index (χ4v) is 4.64. The Balaban J connectivity index is 1.95. The zero-order valence-corrected chi connectivity index (χ0v) is 20.1. The zero-order chi connectivity index (χ0) is 23.6. The van der Waals surface area contributed by atoms with E-state index >= 15 is 0 Å². The molecule has 32 heavy (non-hydrogen) atoms. The predicted octanol–water partition coefficient (Wildman–Crippen LogP) is 7.15. The summed E-state index contributed by atoms with van der Waals surface area (Å²) in [6.07, 6.45) is 0.924. The molecule has 2 aromatic rings. The first-order valence-electron chi connectivity index (χ1n) is 11.5. The number of amides is 1. The molecule has 0 heterocycles. The Morgan fingerprint density at radius 2 is 1.66 bits per heavy atom. The van der Waals surface area contributed by atoms with E-state index in [2.05, 4.69) is 6.58 Å². The summed E-state index contributed by atoms with van der Waals surface area (Å²) in [6, 6.07) is 13.9. The maximum absolute atomic E-state index is 13.6. The van der Waals surface area contributed by atoms with Gasteiger partial charge in [-0.05, 0) is 76.3 Å². The summed E-state index contributed by atoms with van der Waals surface area (Å²) < 4.78 is 5.93. The number of nitrogens with zero attached hydrogens (tertiary/aromatic N) is 1. The molecule has 0 radical (unpaired) electrons. The van der Waals surface area contributed by atoms with Crippen LogP contribution in [0.3, 0.4) is 0 Å². The van der Waals surface area contributed by atoms with Crippen LogP contribution in [-0.4, -0.2) is 28.9 Å². The summed E-state index contributed by atoms with van der Waals surface area (Å²) in [5.41, 5.74) is 2.54. The van der Waals surface area contributed by atoms with E-state index in [1.54, 1.807) is 4.90 Å². The highest BCUT2D eigenvalue weighted by atomic mass is 16.6. The summed E-state index contributed by atoms with van der Waals surface area (Å²) in [7, 11) is 0. The van der Waals surface area contributed by atoms with E-state index in [4.69, 9.17) is 4.74 Å². The van der Waals surface area contributed by atoms with Crippen molar-refractivity contribution in [3.05, 3.63) is 71.5 Å². The van der Waals surface area contributed by atoms with Gasteiger partial charge in [0.05, 0.1) is 0 Å². The van der Waals surface area contributed by atoms with Crippen molar-refractivity contribution in [1.82, 2.24) is 4.90 Å². The van der Waals surface area contributed by atoms with Gasteiger partial charge in [0.15, 0.2) is 5.78 Å². The number of ketones is 1. The lowest BCUT2D eigenvalue weighted by Gasteiger charge is -2.34. The maximum atomic E-state index is 13.6. The van der Waals surface area contributed by atoms with Gasteiger partial charge in [-0.25, -0.2) is 4.79 Å². The molecule has 2 aromatic carbocycles. The third kappa shape index (κ3) is 4.95. The number of benzene rings is 2. The molecule has 4 heteroatoms. The number of ether oxygens (including phenoxy) is 1. The molecule has 0 saturated carbocycles. The Morgan fingerprint density at radius 1 is 1.03 bits per heavy atom. The molecule has 0 bridgehead atoms. The van der Waals surface area contributed by atoms with E-state index in [9.17, 15) is 9.59 Å². The Kier molecular flexibility index (Phi) is 7.22. The number of carbonyl (C=O) groups excluding carboxylic acids is 2. The number of rotatable bonds is 6. The molecule has 0 N–H and O–H groups in total.